The minimum Gasteiger partial charge on any atom is -0.478 e. The molecule has 3 aromatic carbocycles. The Labute approximate surface area is 183 Å². The van der Waals surface area contributed by atoms with E-state index in [2.05, 4.69) is 26.2 Å². The first-order chi connectivity index (χ1) is 14.3. The molecule has 0 aliphatic heterocycles. The predicted octanol–water partition coefficient (Wildman–Crippen LogP) is 6.36. The average Bonchev–Trinajstić information content (AvgIpc) is 3.13. The molecule has 0 atom stereocenters. The summed E-state index contributed by atoms with van der Waals surface area (Å²) >= 11 is 3.39. The molecule has 0 spiro atoms. The molecule has 1 heterocycles. The lowest BCUT2D eigenvalue weighted by Gasteiger charge is -2.25. The minimum absolute atomic E-state index is 0.240. The molecule has 0 saturated heterocycles. The number of rotatable bonds is 5. The van der Waals surface area contributed by atoms with Crippen LogP contribution in [0.5, 0.6) is 5.75 Å². The van der Waals surface area contributed by atoms with Crippen molar-refractivity contribution in [3.05, 3.63) is 76.8 Å². The quantitative estimate of drug-likeness (QED) is 0.373. The second-order valence-electron chi connectivity index (χ2n) is 7.59. The maximum absolute atomic E-state index is 12.7. The number of halogens is 1. The van der Waals surface area contributed by atoms with Crippen molar-refractivity contribution in [2.45, 2.75) is 26.4 Å². The minimum atomic E-state index is -1.04. The number of oxazole rings is 1. The molecule has 0 bridgehead atoms. The molecular weight excluding hydrogens is 444 g/mol. The topological polar surface area (TPSA) is 64.4 Å². The van der Waals surface area contributed by atoms with Crippen LogP contribution in [-0.4, -0.2) is 16.5 Å². The molecule has 4 aromatic rings. The van der Waals surface area contributed by atoms with Crippen LogP contribution in [0.25, 0.3) is 22.6 Å². The Kier molecular flexibility index (Phi) is 5.35. The molecule has 0 fully saturated rings. The molecule has 4 rings (SSSR count). The number of hydrogen-bond acceptors (Lipinski definition) is 4. The zero-order chi connectivity index (χ0) is 21.3. The fourth-order valence-corrected chi connectivity index (χ4v) is 3.24. The SMILES string of the molecule is Cc1ccc2nc(-c3ccc(NC(=O)C(C)(C)Oc4ccc(Br)cc4)cc3)oc2c1. The van der Waals surface area contributed by atoms with Crippen LogP contribution in [-0.2, 0) is 4.79 Å². The molecule has 0 aliphatic rings. The zero-order valence-electron chi connectivity index (χ0n) is 16.9. The van der Waals surface area contributed by atoms with Crippen molar-refractivity contribution < 1.29 is 13.9 Å². The first-order valence-corrected chi connectivity index (χ1v) is 10.3. The van der Waals surface area contributed by atoms with Crippen LogP contribution in [0.4, 0.5) is 5.69 Å². The number of amides is 1. The molecular formula is C24H21BrN2O3. The number of benzene rings is 3. The first-order valence-electron chi connectivity index (χ1n) is 9.54. The van der Waals surface area contributed by atoms with E-state index in [0.29, 0.717) is 17.3 Å². The van der Waals surface area contributed by atoms with E-state index in [1.165, 1.54) is 0 Å². The normalized spacial score (nSPS) is 11.5. The van der Waals surface area contributed by atoms with Crippen LogP contribution in [0, 0.1) is 6.92 Å². The van der Waals surface area contributed by atoms with Gasteiger partial charge in [0.1, 0.15) is 11.3 Å². The Bertz CT molecular complexity index is 1200. The lowest BCUT2D eigenvalue weighted by Crippen LogP contribution is -2.42. The van der Waals surface area contributed by atoms with Crippen molar-refractivity contribution in [1.82, 2.24) is 4.98 Å². The maximum atomic E-state index is 12.7. The van der Waals surface area contributed by atoms with Crippen molar-refractivity contribution >= 4 is 38.6 Å². The molecule has 5 nitrogen and oxygen atoms in total. The third-order valence-corrected chi connectivity index (χ3v) is 5.20. The molecule has 152 valence electrons. The van der Waals surface area contributed by atoms with Gasteiger partial charge in [-0.05, 0) is 87.0 Å². The fraction of sp³-hybridized carbons (Fsp3) is 0.167. The Morgan fingerprint density at radius 2 is 1.73 bits per heavy atom. The summed E-state index contributed by atoms with van der Waals surface area (Å²) in [5, 5.41) is 2.90. The Morgan fingerprint density at radius 3 is 2.43 bits per heavy atom. The van der Waals surface area contributed by atoms with Crippen LogP contribution in [0.2, 0.25) is 0 Å². The summed E-state index contributed by atoms with van der Waals surface area (Å²) in [6.45, 7) is 5.49. The summed E-state index contributed by atoms with van der Waals surface area (Å²) in [6, 6.07) is 20.7. The Morgan fingerprint density at radius 1 is 1.03 bits per heavy atom. The zero-order valence-corrected chi connectivity index (χ0v) is 18.5. The molecule has 1 aromatic heterocycles. The van der Waals surface area contributed by atoms with E-state index in [-0.39, 0.29) is 5.91 Å². The van der Waals surface area contributed by atoms with Gasteiger partial charge in [0.25, 0.3) is 5.91 Å². The molecule has 0 saturated carbocycles. The van der Waals surface area contributed by atoms with E-state index in [9.17, 15) is 4.79 Å². The predicted molar refractivity (Wildman–Crippen MR) is 122 cm³/mol. The molecule has 6 heteroatoms. The lowest BCUT2D eigenvalue weighted by molar-refractivity contribution is -0.128. The van der Waals surface area contributed by atoms with Gasteiger partial charge in [-0.2, -0.15) is 0 Å². The number of anilines is 1. The van der Waals surface area contributed by atoms with Gasteiger partial charge in [0.05, 0.1) is 0 Å². The number of hydrogen-bond donors (Lipinski definition) is 1. The fourth-order valence-electron chi connectivity index (χ4n) is 2.98. The molecule has 0 aliphatic carbocycles. The highest BCUT2D eigenvalue weighted by Gasteiger charge is 2.30. The molecule has 0 radical (unpaired) electrons. The van der Waals surface area contributed by atoms with Crippen LogP contribution in [0.1, 0.15) is 19.4 Å². The van der Waals surface area contributed by atoms with Crippen molar-refractivity contribution in [3.63, 3.8) is 0 Å². The average molecular weight is 465 g/mol. The second kappa shape index (κ2) is 7.95. The summed E-state index contributed by atoms with van der Waals surface area (Å²) in [4.78, 5) is 17.3. The van der Waals surface area contributed by atoms with Crippen molar-refractivity contribution in [2.24, 2.45) is 0 Å². The smallest absolute Gasteiger partial charge is 0.267 e. The Hall–Kier alpha value is -3.12. The van der Waals surface area contributed by atoms with Crippen LogP contribution < -0.4 is 10.1 Å². The van der Waals surface area contributed by atoms with Crippen molar-refractivity contribution in [2.75, 3.05) is 5.32 Å². The van der Waals surface area contributed by atoms with E-state index >= 15 is 0 Å². The monoisotopic (exact) mass is 464 g/mol. The number of carbonyl (C=O) groups excluding carboxylic acids is 1. The number of nitrogens with zero attached hydrogens (tertiary/aromatic N) is 1. The first kappa shape index (κ1) is 20.2. The van der Waals surface area contributed by atoms with Crippen LogP contribution in [0.15, 0.2) is 75.6 Å². The van der Waals surface area contributed by atoms with Gasteiger partial charge in [-0.15, -0.1) is 0 Å². The van der Waals surface area contributed by atoms with Crippen LogP contribution >= 0.6 is 15.9 Å². The Balaban J connectivity index is 1.46. The number of nitrogens with one attached hydrogen (secondary N) is 1. The highest BCUT2D eigenvalue weighted by Crippen LogP contribution is 2.27. The molecule has 0 unspecified atom stereocenters. The van der Waals surface area contributed by atoms with Gasteiger partial charge in [0.2, 0.25) is 5.89 Å². The standard InChI is InChI=1S/C24H21BrN2O3/c1-15-4-13-20-21(14-15)29-22(27-20)16-5-9-18(10-6-16)26-23(28)24(2,3)30-19-11-7-17(25)8-12-19/h4-14H,1-3H3,(H,26,28). The molecule has 30 heavy (non-hydrogen) atoms. The summed E-state index contributed by atoms with van der Waals surface area (Å²) < 4.78 is 12.7. The largest absolute Gasteiger partial charge is 0.478 e. The number of aryl methyl sites for hydroxylation is 1. The second-order valence-corrected chi connectivity index (χ2v) is 8.50. The van der Waals surface area contributed by atoms with Gasteiger partial charge < -0.3 is 14.5 Å². The van der Waals surface area contributed by atoms with E-state index in [0.717, 1.165) is 26.7 Å². The number of ether oxygens (including phenoxy) is 1. The van der Waals surface area contributed by atoms with Crippen molar-refractivity contribution in [3.8, 4) is 17.2 Å². The summed E-state index contributed by atoms with van der Waals surface area (Å²) in [5.41, 5.74) is 3.17. The van der Waals surface area contributed by atoms with E-state index in [4.69, 9.17) is 9.15 Å². The number of aromatic nitrogens is 1. The third kappa shape index (κ3) is 4.39. The van der Waals surface area contributed by atoms with E-state index in [1.54, 1.807) is 13.8 Å². The van der Waals surface area contributed by atoms with Gasteiger partial charge in [-0.1, -0.05) is 22.0 Å². The van der Waals surface area contributed by atoms with Crippen molar-refractivity contribution in [1.29, 1.82) is 0 Å². The maximum Gasteiger partial charge on any atom is 0.267 e. The molecule has 1 N–H and O–H groups in total. The summed E-state index contributed by atoms with van der Waals surface area (Å²) in [5.74, 6) is 0.933. The van der Waals surface area contributed by atoms with Gasteiger partial charge in [0.15, 0.2) is 11.2 Å². The number of carbonyl (C=O) groups is 1. The highest BCUT2D eigenvalue weighted by atomic mass is 79.9. The number of fused-ring (bicyclic) bond motifs is 1. The lowest BCUT2D eigenvalue weighted by atomic mass is 10.1. The highest BCUT2D eigenvalue weighted by molar-refractivity contribution is 9.10. The third-order valence-electron chi connectivity index (χ3n) is 4.67. The van der Waals surface area contributed by atoms with E-state index < -0.39 is 5.60 Å². The molecule has 1 amide bonds. The summed E-state index contributed by atoms with van der Waals surface area (Å²) in [7, 11) is 0. The van der Waals surface area contributed by atoms with Gasteiger partial charge in [0, 0.05) is 15.7 Å². The van der Waals surface area contributed by atoms with Crippen LogP contribution in [0.3, 0.4) is 0 Å². The van der Waals surface area contributed by atoms with Gasteiger partial charge >= 0.3 is 0 Å². The van der Waals surface area contributed by atoms with Gasteiger partial charge in [-0.3, -0.25) is 4.79 Å². The summed E-state index contributed by atoms with van der Waals surface area (Å²) in [6.07, 6.45) is 0. The van der Waals surface area contributed by atoms with E-state index in [1.807, 2.05) is 73.7 Å². The van der Waals surface area contributed by atoms with Gasteiger partial charge in [-0.25, -0.2) is 4.98 Å².